The first kappa shape index (κ1) is 20.2. The predicted octanol–water partition coefficient (Wildman–Crippen LogP) is 4.63. The number of carbonyl (C=O) groups excluding carboxylic acids is 2. The van der Waals surface area contributed by atoms with Gasteiger partial charge in [0.2, 0.25) is 0 Å². The van der Waals surface area contributed by atoms with Gasteiger partial charge in [0.1, 0.15) is 18.5 Å². The average Bonchev–Trinajstić information content (AvgIpc) is 2.59. The lowest BCUT2D eigenvalue weighted by molar-refractivity contribution is -0.148. The van der Waals surface area contributed by atoms with Gasteiger partial charge in [-0.25, -0.2) is 9.18 Å². The molecule has 0 aromatic heterocycles. The van der Waals surface area contributed by atoms with Crippen LogP contribution in [0.3, 0.4) is 0 Å². The molecule has 0 heterocycles. The summed E-state index contributed by atoms with van der Waals surface area (Å²) < 4.78 is 18.9. The summed E-state index contributed by atoms with van der Waals surface area (Å²) in [5.74, 6) is -1.98. The Kier molecular flexibility index (Phi) is 7.00. The molecule has 0 fully saturated rings. The zero-order chi connectivity index (χ0) is 19.3. The van der Waals surface area contributed by atoms with E-state index in [1.165, 1.54) is 18.2 Å². The van der Waals surface area contributed by atoms with Crippen LogP contribution in [0.2, 0.25) is 10.0 Å². The van der Waals surface area contributed by atoms with Crippen LogP contribution in [0.5, 0.6) is 0 Å². The Labute approximate surface area is 161 Å². The highest BCUT2D eigenvalue weighted by Crippen LogP contribution is 2.20. The minimum atomic E-state index is -0.913. The smallest absolute Gasteiger partial charge is 0.329 e. The van der Waals surface area contributed by atoms with Gasteiger partial charge in [0, 0.05) is 5.56 Å². The first-order valence-electron chi connectivity index (χ1n) is 7.96. The van der Waals surface area contributed by atoms with Gasteiger partial charge in [0.05, 0.1) is 15.6 Å². The van der Waals surface area contributed by atoms with E-state index < -0.39 is 23.7 Å². The lowest BCUT2D eigenvalue weighted by atomic mass is 10.0. The van der Waals surface area contributed by atoms with Crippen molar-refractivity contribution in [3.05, 3.63) is 69.5 Å². The molecule has 138 valence electrons. The number of ether oxygens (including phenoxy) is 1. The second kappa shape index (κ2) is 9.01. The zero-order valence-electron chi connectivity index (χ0n) is 14.3. The first-order chi connectivity index (χ1) is 12.3. The first-order valence-corrected chi connectivity index (χ1v) is 8.71. The van der Waals surface area contributed by atoms with E-state index in [2.05, 4.69) is 5.32 Å². The van der Waals surface area contributed by atoms with Crippen LogP contribution in [0, 0.1) is 11.7 Å². The summed E-state index contributed by atoms with van der Waals surface area (Å²) in [4.78, 5) is 24.8. The maximum absolute atomic E-state index is 13.8. The molecule has 0 spiro atoms. The lowest BCUT2D eigenvalue weighted by Gasteiger charge is -2.21. The summed E-state index contributed by atoms with van der Waals surface area (Å²) in [7, 11) is 0. The second-order valence-corrected chi connectivity index (χ2v) is 6.80. The van der Waals surface area contributed by atoms with Gasteiger partial charge in [0.25, 0.3) is 5.91 Å². The molecule has 0 saturated heterocycles. The highest BCUT2D eigenvalue weighted by Gasteiger charge is 2.27. The van der Waals surface area contributed by atoms with E-state index in [1.54, 1.807) is 38.1 Å². The van der Waals surface area contributed by atoms with Gasteiger partial charge in [-0.15, -0.1) is 0 Å². The van der Waals surface area contributed by atoms with Gasteiger partial charge in [-0.05, 0) is 30.2 Å². The summed E-state index contributed by atoms with van der Waals surface area (Å²) in [6.07, 6.45) is 0. The molecule has 2 aromatic carbocycles. The molecule has 0 bridgehead atoms. The summed E-state index contributed by atoms with van der Waals surface area (Å²) in [6, 6.07) is 9.79. The van der Waals surface area contributed by atoms with Crippen molar-refractivity contribution in [2.24, 2.45) is 5.92 Å². The molecule has 0 radical (unpaired) electrons. The Morgan fingerprint density at radius 2 is 1.73 bits per heavy atom. The molecule has 1 amide bonds. The predicted molar refractivity (Wildman–Crippen MR) is 98.8 cm³/mol. The quantitative estimate of drug-likeness (QED) is 0.722. The van der Waals surface area contributed by atoms with Gasteiger partial charge in [-0.1, -0.05) is 55.2 Å². The molecule has 2 aromatic rings. The summed E-state index contributed by atoms with van der Waals surface area (Å²) in [6.45, 7) is 3.19. The van der Waals surface area contributed by atoms with E-state index in [0.717, 1.165) is 0 Å². The molecule has 0 saturated carbocycles. The molecule has 0 unspecified atom stereocenters. The van der Waals surface area contributed by atoms with Crippen molar-refractivity contribution in [1.82, 2.24) is 5.32 Å². The van der Waals surface area contributed by atoms with Crippen molar-refractivity contribution >= 4 is 35.1 Å². The molecule has 2 rings (SSSR count). The van der Waals surface area contributed by atoms with Crippen molar-refractivity contribution in [1.29, 1.82) is 0 Å². The third-order valence-corrected chi connectivity index (χ3v) is 4.43. The highest BCUT2D eigenvalue weighted by atomic mass is 35.5. The third kappa shape index (κ3) is 4.96. The molecule has 4 nitrogen and oxygen atoms in total. The van der Waals surface area contributed by atoms with Gasteiger partial charge in [0.15, 0.2) is 0 Å². The fourth-order valence-electron chi connectivity index (χ4n) is 2.27. The summed E-state index contributed by atoms with van der Waals surface area (Å²) in [5.41, 5.74) is 0.340. The van der Waals surface area contributed by atoms with Crippen LogP contribution < -0.4 is 5.32 Å². The third-order valence-electron chi connectivity index (χ3n) is 3.75. The van der Waals surface area contributed by atoms with E-state index in [1.807, 2.05) is 0 Å². The molecule has 7 heteroatoms. The molecule has 0 aliphatic carbocycles. The second-order valence-electron chi connectivity index (χ2n) is 5.98. The largest absolute Gasteiger partial charge is 0.459 e. The van der Waals surface area contributed by atoms with E-state index >= 15 is 0 Å². The molecular formula is C19H18Cl2FNO3. The van der Waals surface area contributed by atoms with Crippen LogP contribution in [0.15, 0.2) is 42.5 Å². The Bertz CT molecular complexity index is 791. The van der Waals surface area contributed by atoms with Crippen molar-refractivity contribution in [3.8, 4) is 0 Å². The number of halogens is 3. The monoisotopic (exact) mass is 397 g/mol. The number of nitrogens with one attached hydrogen (secondary N) is 1. The lowest BCUT2D eigenvalue weighted by Crippen LogP contribution is -2.45. The van der Waals surface area contributed by atoms with Gasteiger partial charge >= 0.3 is 5.97 Å². The molecule has 0 aliphatic rings. The number of carbonyl (C=O) groups is 2. The average molecular weight is 398 g/mol. The number of rotatable bonds is 6. The van der Waals surface area contributed by atoms with E-state index in [9.17, 15) is 14.0 Å². The molecular weight excluding hydrogens is 380 g/mol. The van der Waals surface area contributed by atoms with E-state index in [-0.39, 0.29) is 33.7 Å². The minimum Gasteiger partial charge on any atom is -0.459 e. The van der Waals surface area contributed by atoms with Gasteiger partial charge in [-0.3, -0.25) is 4.79 Å². The van der Waals surface area contributed by atoms with E-state index in [4.69, 9.17) is 27.9 Å². The number of amides is 1. The Balaban J connectivity index is 2.08. The highest BCUT2D eigenvalue weighted by molar-refractivity contribution is 6.33. The van der Waals surface area contributed by atoms with Crippen molar-refractivity contribution in [2.75, 3.05) is 0 Å². The van der Waals surface area contributed by atoms with Crippen LogP contribution in [0.1, 0.15) is 29.8 Å². The number of hydrogen-bond donors (Lipinski definition) is 1. The van der Waals surface area contributed by atoms with Crippen LogP contribution in [0.4, 0.5) is 4.39 Å². The van der Waals surface area contributed by atoms with Gasteiger partial charge in [-0.2, -0.15) is 0 Å². The fraction of sp³-hybridized carbons (Fsp3) is 0.263. The maximum Gasteiger partial charge on any atom is 0.329 e. The standard InChI is InChI=1S/C19H18Cl2FNO3/c1-11(2)17(23-18(24)12-6-3-4-7-14(12)20)19(25)26-10-13-15(21)8-5-9-16(13)22/h3-9,11,17H,10H2,1-2H3,(H,23,24)/t17-/m0/s1. The SMILES string of the molecule is CC(C)[C@H](NC(=O)c1ccccc1Cl)C(=O)OCc1c(F)cccc1Cl. The normalized spacial score (nSPS) is 11.9. The Morgan fingerprint density at radius 1 is 1.08 bits per heavy atom. The maximum atomic E-state index is 13.8. The van der Waals surface area contributed by atoms with Crippen LogP contribution >= 0.6 is 23.2 Å². The topological polar surface area (TPSA) is 55.4 Å². The number of esters is 1. The summed E-state index contributed by atoms with van der Waals surface area (Å²) in [5, 5.41) is 3.06. The Hall–Kier alpha value is -2.11. The minimum absolute atomic E-state index is 0.0856. The fourth-order valence-corrected chi connectivity index (χ4v) is 2.70. The van der Waals surface area contributed by atoms with Crippen LogP contribution in [-0.2, 0) is 16.1 Å². The number of hydrogen-bond acceptors (Lipinski definition) is 3. The number of benzene rings is 2. The zero-order valence-corrected chi connectivity index (χ0v) is 15.8. The van der Waals surface area contributed by atoms with E-state index in [0.29, 0.717) is 0 Å². The van der Waals surface area contributed by atoms with Crippen LogP contribution in [0.25, 0.3) is 0 Å². The van der Waals surface area contributed by atoms with Crippen LogP contribution in [-0.4, -0.2) is 17.9 Å². The van der Waals surface area contributed by atoms with Crippen molar-refractivity contribution in [2.45, 2.75) is 26.5 Å². The summed E-state index contributed by atoms with van der Waals surface area (Å²) >= 11 is 11.9. The molecule has 1 atom stereocenters. The van der Waals surface area contributed by atoms with Crippen molar-refractivity contribution < 1.29 is 18.7 Å². The van der Waals surface area contributed by atoms with Crippen molar-refractivity contribution in [3.63, 3.8) is 0 Å². The Morgan fingerprint density at radius 3 is 2.35 bits per heavy atom. The van der Waals surface area contributed by atoms with Gasteiger partial charge < -0.3 is 10.1 Å². The molecule has 26 heavy (non-hydrogen) atoms. The molecule has 0 aliphatic heterocycles. The molecule has 1 N–H and O–H groups in total.